The fourth-order valence-corrected chi connectivity index (χ4v) is 8.26. The van der Waals surface area contributed by atoms with Gasteiger partial charge in [0.05, 0.1) is 35.9 Å². The minimum absolute atomic E-state index is 0.121. The molecule has 4 atom stereocenters. The van der Waals surface area contributed by atoms with Crippen LogP contribution in [-0.4, -0.2) is 97.5 Å². The van der Waals surface area contributed by atoms with Crippen LogP contribution in [0, 0.1) is 5.92 Å². The molecule has 0 spiro atoms. The van der Waals surface area contributed by atoms with Gasteiger partial charge in [-0.3, -0.25) is 9.59 Å². The number of fused-ring (bicyclic) bond motifs is 4. The van der Waals surface area contributed by atoms with Crippen molar-refractivity contribution in [3.05, 3.63) is 84.7 Å². The van der Waals surface area contributed by atoms with Gasteiger partial charge in [0.15, 0.2) is 11.3 Å². The lowest BCUT2D eigenvalue weighted by atomic mass is 9.81. The van der Waals surface area contributed by atoms with Gasteiger partial charge in [-0.15, -0.1) is 0 Å². The lowest BCUT2D eigenvalue weighted by Crippen LogP contribution is -2.50. The van der Waals surface area contributed by atoms with Gasteiger partial charge in [0.25, 0.3) is 11.8 Å². The number of aliphatic hydroxyl groups is 1. The first kappa shape index (κ1) is 40.5. The molecule has 62 heavy (non-hydrogen) atoms. The predicted molar refractivity (Wildman–Crippen MR) is 239 cm³/mol. The van der Waals surface area contributed by atoms with Crippen molar-refractivity contribution in [3.8, 4) is 22.5 Å². The molecule has 0 aromatic carbocycles. The molecule has 17 heteroatoms. The maximum atomic E-state index is 13.0. The molecule has 0 saturated heterocycles. The molecule has 0 unspecified atom stereocenters. The molecule has 5 N–H and O–H groups in total. The highest BCUT2D eigenvalue weighted by atomic mass is 16.3. The highest BCUT2D eigenvalue weighted by Crippen LogP contribution is 2.35. The molecule has 2 aliphatic rings. The van der Waals surface area contributed by atoms with Crippen molar-refractivity contribution in [1.82, 2.24) is 58.9 Å². The molecule has 10 rings (SSSR count). The fourth-order valence-electron chi connectivity index (χ4n) is 8.26. The quantitative estimate of drug-likeness (QED) is 0.101. The summed E-state index contributed by atoms with van der Waals surface area (Å²) in [7, 11) is 3.65. The molecule has 0 radical (unpaired) electrons. The molecule has 2 amide bonds. The summed E-state index contributed by atoms with van der Waals surface area (Å²) in [6.07, 6.45) is 14.0. The van der Waals surface area contributed by atoms with Crippen LogP contribution in [-0.2, 0) is 0 Å². The van der Waals surface area contributed by atoms with E-state index in [1.54, 1.807) is 21.4 Å². The predicted octanol–water partition coefficient (Wildman–Crippen LogP) is 6.52. The Bertz CT molecular complexity index is 2780. The third kappa shape index (κ3) is 7.04. The number of carbonyl (C=O) groups is 2. The van der Waals surface area contributed by atoms with E-state index in [1.807, 2.05) is 50.6 Å². The van der Waals surface area contributed by atoms with Crippen LogP contribution in [0.15, 0.2) is 73.6 Å². The summed E-state index contributed by atoms with van der Waals surface area (Å²) < 4.78 is 7.58. The molecule has 320 valence electrons. The number of amides is 2. The van der Waals surface area contributed by atoms with Crippen molar-refractivity contribution in [1.29, 1.82) is 0 Å². The van der Waals surface area contributed by atoms with Gasteiger partial charge in [0, 0.05) is 91.0 Å². The monoisotopic (exact) mass is 836 g/mol. The normalized spacial score (nSPS) is 18.5. The minimum atomic E-state index is -0.489. The van der Waals surface area contributed by atoms with E-state index in [0.29, 0.717) is 34.8 Å². The standard InChI is InChI=1S/C23H27N7O.C22H25N7O2/c1-13(2)29-12-17(15-6-5-9-25-21(15)29)19-10-20(24-4)30-22(27-19)16(11-26-30)23(31)28-18-8-7-14(18)3;1-12(2)28-11-15(13-5-4-8-24-20(13)28)17-9-19(23-3)29-21(26-17)14(10-25-29)22(31)27-16-6-7-18(16)30/h5-6,9-14,18,24H,7-8H2,1-4H3,(H,28,31);4-5,8-12,16,18,23,30H,6-7H2,1-3H3,(H,27,31)/t14-,18-;16-,18+/m00/s1. The van der Waals surface area contributed by atoms with Crippen LogP contribution in [0.5, 0.6) is 0 Å². The Labute approximate surface area is 358 Å². The summed E-state index contributed by atoms with van der Waals surface area (Å²) in [5.74, 6) is 1.60. The molecule has 8 aromatic rings. The molecule has 17 nitrogen and oxygen atoms in total. The molecule has 8 heterocycles. The average molecular weight is 837 g/mol. The second-order valence-corrected chi connectivity index (χ2v) is 16.8. The first-order chi connectivity index (χ1) is 29.9. The van der Waals surface area contributed by atoms with Crippen molar-refractivity contribution in [2.75, 3.05) is 24.7 Å². The van der Waals surface area contributed by atoms with Gasteiger partial charge in [-0.1, -0.05) is 6.92 Å². The zero-order chi connectivity index (χ0) is 43.4. The van der Waals surface area contributed by atoms with Gasteiger partial charge in [0.2, 0.25) is 0 Å². The summed E-state index contributed by atoms with van der Waals surface area (Å²) in [5, 5.41) is 33.0. The van der Waals surface area contributed by atoms with E-state index in [-0.39, 0.29) is 36.0 Å². The van der Waals surface area contributed by atoms with Crippen LogP contribution < -0.4 is 21.3 Å². The van der Waals surface area contributed by atoms with Gasteiger partial charge in [-0.25, -0.2) is 19.9 Å². The third-order valence-corrected chi connectivity index (χ3v) is 12.3. The first-order valence-electron chi connectivity index (χ1n) is 21.3. The average Bonchev–Trinajstić information content (AvgIpc) is 4.08. The van der Waals surface area contributed by atoms with Crippen molar-refractivity contribution >= 4 is 56.8 Å². The Kier molecular flexibility index (Phi) is 10.6. The molecular weight excluding hydrogens is 785 g/mol. The number of aromatic nitrogens is 10. The second-order valence-electron chi connectivity index (χ2n) is 16.8. The number of nitrogens with one attached hydrogen (secondary N) is 4. The summed E-state index contributed by atoms with van der Waals surface area (Å²) in [4.78, 5) is 44.7. The summed E-state index contributed by atoms with van der Waals surface area (Å²) in [6, 6.07) is 12.3. The highest BCUT2D eigenvalue weighted by molar-refractivity contribution is 6.02. The second kappa shape index (κ2) is 16.2. The maximum absolute atomic E-state index is 13.0. The van der Waals surface area contributed by atoms with Gasteiger partial charge in [0.1, 0.15) is 34.1 Å². The molecule has 2 saturated carbocycles. The van der Waals surface area contributed by atoms with Crippen molar-refractivity contribution in [2.24, 2.45) is 5.92 Å². The Morgan fingerprint density at radius 1 is 0.677 bits per heavy atom. The topological polar surface area (TPSA) is 199 Å². The van der Waals surface area contributed by atoms with E-state index in [4.69, 9.17) is 9.97 Å². The Hall–Kier alpha value is -6.88. The van der Waals surface area contributed by atoms with Crippen LogP contribution in [0.25, 0.3) is 55.9 Å². The molecule has 2 aliphatic carbocycles. The third-order valence-electron chi connectivity index (χ3n) is 12.3. The van der Waals surface area contributed by atoms with E-state index in [9.17, 15) is 14.7 Å². The van der Waals surface area contributed by atoms with E-state index < -0.39 is 6.10 Å². The number of anilines is 2. The van der Waals surface area contributed by atoms with Crippen LogP contribution in [0.1, 0.15) is 93.1 Å². The SMILES string of the molecule is CNc1cc(-c2cn(C(C)C)c3ncccc23)nc2c(C(=O)N[C@H]3CC[C@@H]3C)cnn12.CNc1cc(-c2cn(C(C)C)c3ncccc23)nc2c(C(=O)N[C@H]3CC[C@H]3O)cnn12. The molecule has 2 fully saturated rings. The number of hydrogen-bond acceptors (Lipinski definition) is 11. The van der Waals surface area contributed by atoms with Crippen molar-refractivity contribution in [3.63, 3.8) is 0 Å². The summed E-state index contributed by atoms with van der Waals surface area (Å²) >= 11 is 0. The van der Waals surface area contributed by atoms with E-state index in [1.165, 1.54) is 6.20 Å². The number of rotatable bonds is 10. The maximum Gasteiger partial charge on any atom is 0.257 e. The summed E-state index contributed by atoms with van der Waals surface area (Å²) in [5.41, 5.74) is 7.12. The van der Waals surface area contributed by atoms with Gasteiger partial charge in [-0.2, -0.15) is 19.2 Å². The van der Waals surface area contributed by atoms with E-state index >= 15 is 0 Å². The number of nitrogens with zero attached hydrogens (tertiary/aromatic N) is 10. The van der Waals surface area contributed by atoms with Crippen LogP contribution in [0.4, 0.5) is 11.6 Å². The van der Waals surface area contributed by atoms with Gasteiger partial charge >= 0.3 is 0 Å². The number of pyridine rings is 2. The van der Waals surface area contributed by atoms with E-state index in [0.717, 1.165) is 75.5 Å². The molecular formula is C45H52N14O3. The number of aliphatic hydroxyl groups excluding tert-OH is 1. The van der Waals surface area contributed by atoms with Gasteiger partial charge < -0.3 is 35.5 Å². The molecule has 8 aromatic heterocycles. The smallest absolute Gasteiger partial charge is 0.257 e. The van der Waals surface area contributed by atoms with Crippen molar-refractivity contribution < 1.29 is 14.7 Å². The number of carbonyl (C=O) groups excluding carboxylic acids is 2. The molecule has 0 bridgehead atoms. The van der Waals surface area contributed by atoms with Crippen molar-refractivity contribution in [2.45, 2.75) is 90.6 Å². The fraction of sp³-hybridized carbons (Fsp3) is 0.378. The first-order valence-corrected chi connectivity index (χ1v) is 21.3. The van der Waals surface area contributed by atoms with Gasteiger partial charge in [-0.05, 0) is 83.6 Å². The molecule has 0 aliphatic heterocycles. The largest absolute Gasteiger partial charge is 0.391 e. The van der Waals surface area contributed by atoms with Crippen LogP contribution in [0.2, 0.25) is 0 Å². The lowest BCUT2D eigenvalue weighted by Gasteiger charge is -2.34. The lowest BCUT2D eigenvalue weighted by molar-refractivity contribution is 0.0448. The van der Waals surface area contributed by atoms with Crippen LogP contribution >= 0.6 is 0 Å². The zero-order valence-corrected chi connectivity index (χ0v) is 36.0. The highest BCUT2D eigenvalue weighted by Gasteiger charge is 2.32. The minimum Gasteiger partial charge on any atom is -0.391 e. The Morgan fingerprint density at radius 3 is 1.52 bits per heavy atom. The Balaban J connectivity index is 0.000000158. The van der Waals surface area contributed by atoms with E-state index in [2.05, 4.69) is 104 Å². The summed E-state index contributed by atoms with van der Waals surface area (Å²) in [6.45, 7) is 10.7. The Morgan fingerprint density at radius 2 is 1.15 bits per heavy atom. The zero-order valence-electron chi connectivity index (χ0n) is 36.0. The van der Waals surface area contributed by atoms with Crippen LogP contribution in [0.3, 0.4) is 0 Å². The number of hydrogen-bond donors (Lipinski definition) is 5.